The third-order valence-corrected chi connectivity index (χ3v) is 6.47. The molecule has 0 aliphatic carbocycles. The molecule has 3 aromatic rings. The van der Waals surface area contributed by atoms with Gasteiger partial charge in [0.2, 0.25) is 5.91 Å². The fourth-order valence-electron chi connectivity index (χ4n) is 3.32. The van der Waals surface area contributed by atoms with Crippen LogP contribution < -0.4 is 15.5 Å². The molecule has 1 atom stereocenters. The van der Waals surface area contributed by atoms with Crippen LogP contribution in [0, 0.1) is 0 Å². The summed E-state index contributed by atoms with van der Waals surface area (Å²) in [6.45, 7) is 5.39. The Morgan fingerprint density at radius 1 is 1.42 bits per heavy atom. The number of aromatic amines is 1. The number of pyridine rings is 1. The number of nitrogens with zero attached hydrogens (tertiary/aromatic N) is 4. The molecular formula is C24H32N6O5S. The summed E-state index contributed by atoms with van der Waals surface area (Å²) in [4.78, 5) is 44.0. The van der Waals surface area contributed by atoms with Crippen molar-refractivity contribution >= 4 is 28.8 Å². The number of nitrogens with one attached hydrogen (secondary N) is 2. The number of hydrogen-bond acceptors (Lipinski definition) is 8. The number of rotatable bonds is 8. The molecule has 36 heavy (non-hydrogen) atoms. The Bertz CT molecular complexity index is 1200. The second-order valence-electron chi connectivity index (χ2n) is 8.59. The van der Waals surface area contributed by atoms with Crippen molar-refractivity contribution in [2.75, 3.05) is 26.1 Å². The summed E-state index contributed by atoms with van der Waals surface area (Å²) in [6, 6.07) is 2.82. The Labute approximate surface area is 213 Å². The molecule has 0 spiro atoms. The Balaban J connectivity index is 0.000000338. The van der Waals surface area contributed by atoms with Gasteiger partial charge in [-0.15, -0.1) is 11.3 Å². The molecule has 0 bridgehead atoms. The van der Waals surface area contributed by atoms with E-state index in [0.717, 1.165) is 23.5 Å². The van der Waals surface area contributed by atoms with Crippen molar-refractivity contribution < 1.29 is 19.1 Å². The van der Waals surface area contributed by atoms with E-state index in [1.165, 1.54) is 30.1 Å². The molecule has 1 fully saturated rings. The van der Waals surface area contributed by atoms with E-state index in [-0.39, 0.29) is 23.8 Å². The van der Waals surface area contributed by atoms with Gasteiger partial charge in [0.15, 0.2) is 11.3 Å². The van der Waals surface area contributed by atoms with Gasteiger partial charge < -0.3 is 24.7 Å². The molecule has 194 valence electrons. The van der Waals surface area contributed by atoms with E-state index < -0.39 is 6.10 Å². The molecule has 1 unspecified atom stereocenters. The summed E-state index contributed by atoms with van der Waals surface area (Å²) in [6.07, 6.45) is 5.97. The first-order chi connectivity index (χ1) is 17.2. The molecule has 0 saturated carbocycles. The van der Waals surface area contributed by atoms with E-state index in [9.17, 15) is 14.4 Å². The van der Waals surface area contributed by atoms with Crippen LogP contribution in [-0.4, -0.2) is 63.3 Å². The molecular weight excluding hydrogens is 484 g/mol. The van der Waals surface area contributed by atoms with Gasteiger partial charge in [0, 0.05) is 49.5 Å². The number of carbonyl (C=O) groups excluding carboxylic acids is 2. The minimum atomic E-state index is -0.394. The molecule has 1 aliphatic heterocycles. The van der Waals surface area contributed by atoms with Crippen molar-refractivity contribution in [2.45, 2.75) is 51.8 Å². The molecule has 3 aromatic heterocycles. The fourth-order valence-corrected chi connectivity index (χ4v) is 4.14. The number of amides is 2. The maximum Gasteiger partial charge on any atom is 0.253 e. The Morgan fingerprint density at radius 3 is 2.83 bits per heavy atom. The average Bonchev–Trinajstić information content (AvgIpc) is 3.62. The van der Waals surface area contributed by atoms with Crippen LogP contribution in [0.15, 0.2) is 40.9 Å². The number of hydrogen-bond donors (Lipinski definition) is 2. The first-order valence-corrected chi connectivity index (χ1v) is 12.5. The van der Waals surface area contributed by atoms with E-state index >= 15 is 0 Å². The van der Waals surface area contributed by atoms with Crippen molar-refractivity contribution in [1.29, 1.82) is 0 Å². The number of anilines is 1. The quantitative estimate of drug-likeness (QED) is 0.470. The molecule has 2 amide bonds. The monoisotopic (exact) mass is 516 g/mol. The van der Waals surface area contributed by atoms with E-state index in [4.69, 9.17) is 9.47 Å². The number of aromatic nitrogens is 4. The summed E-state index contributed by atoms with van der Waals surface area (Å²) in [5.41, 5.74) is 1.40. The lowest BCUT2D eigenvalue weighted by molar-refractivity contribution is -0.131. The van der Waals surface area contributed by atoms with Crippen LogP contribution >= 0.6 is 11.3 Å². The molecule has 0 aromatic carbocycles. The van der Waals surface area contributed by atoms with Crippen molar-refractivity contribution in [2.24, 2.45) is 0 Å². The predicted molar refractivity (Wildman–Crippen MR) is 136 cm³/mol. The summed E-state index contributed by atoms with van der Waals surface area (Å²) in [5.74, 6) is 0.633. The van der Waals surface area contributed by atoms with E-state index in [0.29, 0.717) is 30.6 Å². The van der Waals surface area contributed by atoms with Gasteiger partial charge in [-0.2, -0.15) is 5.10 Å². The Kier molecular flexibility index (Phi) is 9.77. The number of ether oxygens (including phenoxy) is 2. The lowest BCUT2D eigenvalue weighted by Gasteiger charge is -2.15. The molecule has 2 N–H and O–H groups in total. The van der Waals surface area contributed by atoms with E-state index in [1.54, 1.807) is 35.7 Å². The molecule has 4 heterocycles. The number of carbonyl (C=O) groups is 2. The van der Waals surface area contributed by atoms with Crippen LogP contribution in [-0.2, 0) is 27.4 Å². The normalized spacial score (nSPS) is 14.8. The van der Waals surface area contributed by atoms with Crippen LogP contribution in [0.3, 0.4) is 0 Å². The Hall–Kier alpha value is -3.51. The molecule has 1 aliphatic rings. The second-order valence-corrected chi connectivity index (χ2v) is 9.48. The fraction of sp³-hybridized carbons (Fsp3) is 0.458. The standard InChI is InChI=1S/C18H25N5O3S.C6H7NO2/c1-12(2)18-21-14(11-27-18)8-22(3)16(24)10-23-9-13(7-19-23)20-17(25)15-5-4-6-26-15;1-9-6-4-5(8)2-3-7-6/h7,9,11-12,15H,4-6,8,10H2,1-3H3,(H,20,25);2-4H,1H3,(H,7,8). The van der Waals surface area contributed by atoms with Gasteiger partial charge in [0.25, 0.3) is 5.91 Å². The van der Waals surface area contributed by atoms with Crippen LogP contribution in [0.4, 0.5) is 5.69 Å². The summed E-state index contributed by atoms with van der Waals surface area (Å²) in [5, 5.41) is 10.00. The first kappa shape index (κ1) is 27.1. The second kappa shape index (κ2) is 13.0. The number of methoxy groups -OCH3 is 1. The van der Waals surface area contributed by atoms with E-state index in [2.05, 4.69) is 34.2 Å². The topological polar surface area (TPSA) is 131 Å². The van der Waals surface area contributed by atoms with Crippen molar-refractivity contribution in [1.82, 2.24) is 24.6 Å². The van der Waals surface area contributed by atoms with Crippen LogP contribution in [0.2, 0.25) is 0 Å². The van der Waals surface area contributed by atoms with Crippen LogP contribution in [0.25, 0.3) is 0 Å². The summed E-state index contributed by atoms with van der Waals surface area (Å²) < 4.78 is 11.6. The number of thiazole rings is 1. The third kappa shape index (κ3) is 8.02. The molecule has 1 saturated heterocycles. The zero-order valence-electron chi connectivity index (χ0n) is 20.9. The number of H-pyrrole nitrogens is 1. The van der Waals surface area contributed by atoms with Gasteiger partial charge in [-0.3, -0.25) is 19.1 Å². The zero-order chi connectivity index (χ0) is 26.1. The van der Waals surface area contributed by atoms with Gasteiger partial charge in [0.1, 0.15) is 12.6 Å². The van der Waals surface area contributed by atoms with E-state index in [1.807, 2.05) is 5.38 Å². The highest BCUT2D eigenvalue weighted by Crippen LogP contribution is 2.20. The SMILES string of the molecule is CC(C)c1nc(CN(C)C(=O)Cn2cc(NC(=O)C3CCCO3)cn2)cs1.COc1cc(=O)cc[nH]1. The first-order valence-electron chi connectivity index (χ1n) is 11.6. The van der Waals surface area contributed by atoms with Crippen molar-refractivity contribution in [3.63, 3.8) is 0 Å². The van der Waals surface area contributed by atoms with Crippen molar-refractivity contribution in [3.05, 3.63) is 57.0 Å². The highest BCUT2D eigenvalue weighted by atomic mass is 32.1. The highest BCUT2D eigenvalue weighted by Gasteiger charge is 2.24. The predicted octanol–water partition coefficient (Wildman–Crippen LogP) is 2.62. The Morgan fingerprint density at radius 2 is 2.22 bits per heavy atom. The van der Waals surface area contributed by atoms with Gasteiger partial charge in [-0.1, -0.05) is 13.8 Å². The highest BCUT2D eigenvalue weighted by molar-refractivity contribution is 7.09. The van der Waals surface area contributed by atoms with Gasteiger partial charge >= 0.3 is 0 Å². The smallest absolute Gasteiger partial charge is 0.253 e. The largest absolute Gasteiger partial charge is 0.482 e. The minimum Gasteiger partial charge on any atom is -0.482 e. The third-order valence-electron chi connectivity index (χ3n) is 5.27. The van der Waals surface area contributed by atoms with Crippen molar-refractivity contribution in [3.8, 4) is 5.88 Å². The van der Waals surface area contributed by atoms with Gasteiger partial charge in [-0.25, -0.2) is 4.98 Å². The molecule has 4 rings (SSSR count). The minimum absolute atomic E-state index is 0.0504. The zero-order valence-corrected chi connectivity index (χ0v) is 21.7. The number of likely N-dealkylation sites (N-methyl/N-ethyl adjacent to an activating group) is 1. The molecule has 12 heteroatoms. The molecule has 11 nitrogen and oxygen atoms in total. The summed E-state index contributed by atoms with van der Waals surface area (Å²) >= 11 is 1.62. The van der Waals surface area contributed by atoms with Crippen LogP contribution in [0.5, 0.6) is 5.88 Å². The van der Waals surface area contributed by atoms with Crippen LogP contribution in [0.1, 0.15) is 43.3 Å². The summed E-state index contributed by atoms with van der Waals surface area (Å²) in [7, 11) is 3.26. The molecule has 0 radical (unpaired) electrons. The maximum absolute atomic E-state index is 12.4. The van der Waals surface area contributed by atoms with Gasteiger partial charge in [-0.05, 0) is 12.8 Å². The van der Waals surface area contributed by atoms with Gasteiger partial charge in [0.05, 0.1) is 36.2 Å². The average molecular weight is 517 g/mol. The lowest BCUT2D eigenvalue weighted by Crippen LogP contribution is -2.30. The lowest BCUT2D eigenvalue weighted by atomic mass is 10.2. The maximum atomic E-state index is 12.4.